The Labute approximate surface area is 63.4 Å². The van der Waals surface area contributed by atoms with Gasteiger partial charge in [0.1, 0.15) is 0 Å². The molecule has 6 heteroatoms. The summed E-state index contributed by atoms with van der Waals surface area (Å²) in [6.07, 6.45) is 0. The topological polar surface area (TPSA) is 96.2 Å². The van der Waals surface area contributed by atoms with Crippen LogP contribution in [0.3, 0.4) is 0 Å². The summed E-state index contributed by atoms with van der Waals surface area (Å²) in [6.45, 7) is 1.84. The highest BCUT2D eigenvalue weighted by Gasteiger charge is 2.11. The highest BCUT2D eigenvalue weighted by Crippen LogP contribution is 2.06. The summed E-state index contributed by atoms with van der Waals surface area (Å²) in [5.41, 5.74) is 9.88. The molecule has 5 N–H and O–H groups in total. The lowest BCUT2D eigenvalue weighted by Gasteiger charge is -2.14. The molecule has 0 bridgehead atoms. The number of rotatable bonds is 2. The minimum atomic E-state index is -0.709. The van der Waals surface area contributed by atoms with E-state index in [1.165, 1.54) is 0 Å². The molecule has 0 spiro atoms. The van der Waals surface area contributed by atoms with E-state index in [4.69, 9.17) is 16.9 Å². The Morgan fingerprint density at radius 3 is 2.30 bits per heavy atom. The van der Waals surface area contributed by atoms with E-state index in [0.29, 0.717) is 5.75 Å². The molecule has 0 aromatic heterocycles. The molecular formula is C4H10N4OS. The largest absolute Gasteiger partial charge is 0.369 e. The summed E-state index contributed by atoms with van der Waals surface area (Å²) < 4.78 is 0.931. The maximum absolute atomic E-state index is 10.4. The first-order valence-corrected chi connectivity index (χ1v) is 3.60. The van der Waals surface area contributed by atoms with Crippen LogP contribution in [0, 0.1) is 5.41 Å². The van der Waals surface area contributed by atoms with E-state index < -0.39 is 6.03 Å². The average Bonchev–Trinajstić information content (AvgIpc) is 1.81. The third kappa shape index (κ3) is 2.58. The second-order valence-electron chi connectivity index (χ2n) is 1.44. The Kier molecular flexibility index (Phi) is 3.63. The number of nitrogens with zero attached hydrogens (tertiary/aromatic N) is 1. The number of nitrogens with one attached hydrogen (secondary N) is 1. The highest BCUT2D eigenvalue weighted by molar-refractivity contribution is 7.98. The predicted molar refractivity (Wildman–Crippen MR) is 41.5 cm³/mol. The van der Waals surface area contributed by atoms with Gasteiger partial charge in [-0.2, -0.15) is 0 Å². The molecule has 0 unspecified atom stereocenters. The average molecular weight is 162 g/mol. The number of primary amides is 1. The fourth-order valence-electron chi connectivity index (χ4n) is 0.381. The fourth-order valence-corrected chi connectivity index (χ4v) is 0.906. The van der Waals surface area contributed by atoms with E-state index in [0.717, 1.165) is 16.3 Å². The molecule has 0 aliphatic carbocycles. The van der Waals surface area contributed by atoms with Crippen LogP contribution >= 0.6 is 11.9 Å². The summed E-state index contributed by atoms with van der Waals surface area (Å²) in [5.74, 6) is 0.321. The quantitative estimate of drug-likeness (QED) is 0.301. The number of guanidine groups is 1. The van der Waals surface area contributed by atoms with Crippen LogP contribution in [0.1, 0.15) is 6.92 Å². The third-order valence-corrected chi connectivity index (χ3v) is 1.57. The van der Waals surface area contributed by atoms with Gasteiger partial charge < -0.3 is 11.5 Å². The first-order valence-electron chi connectivity index (χ1n) is 2.66. The number of carbonyl (C=O) groups excluding carboxylic acids is 1. The van der Waals surface area contributed by atoms with Crippen molar-refractivity contribution in [3.63, 3.8) is 0 Å². The van der Waals surface area contributed by atoms with Crippen molar-refractivity contribution in [3.8, 4) is 0 Å². The van der Waals surface area contributed by atoms with Crippen molar-refractivity contribution in [3.05, 3.63) is 0 Å². The SMILES string of the molecule is CCSN(C(=N)N)C(N)=O. The van der Waals surface area contributed by atoms with Gasteiger partial charge in [0.15, 0.2) is 0 Å². The van der Waals surface area contributed by atoms with Crippen molar-refractivity contribution in [1.29, 1.82) is 5.41 Å². The summed E-state index contributed by atoms with van der Waals surface area (Å²) in [4.78, 5) is 10.4. The first kappa shape index (κ1) is 9.09. The number of hydrogen-bond acceptors (Lipinski definition) is 3. The van der Waals surface area contributed by atoms with E-state index >= 15 is 0 Å². The van der Waals surface area contributed by atoms with Crippen LogP contribution in [0.2, 0.25) is 0 Å². The molecule has 0 atom stereocenters. The molecule has 0 saturated heterocycles. The van der Waals surface area contributed by atoms with Crippen LogP contribution in [0.4, 0.5) is 4.79 Å². The van der Waals surface area contributed by atoms with Gasteiger partial charge in [-0.05, 0) is 11.9 Å². The zero-order valence-corrected chi connectivity index (χ0v) is 6.44. The predicted octanol–water partition coefficient (Wildman–Crippen LogP) is -0.0713. The van der Waals surface area contributed by atoms with Gasteiger partial charge in [0.25, 0.3) is 0 Å². The van der Waals surface area contributed by atoms with Crippen LogP contribution in [0.15, 0.2) is 0 Å². The van der Waals surface area contributed by atoms with Gasteiger partial charge in [-0.1, -0.05) is 6.92 Å². The van der Waals surface area contributed by atoms with Gasteiger partial charge >= 0.3 is 6.03 Å². The third-order valence-electron chi connectivity index (χ3n) is 0.677. The summed E-state index contributed by atoms with van der Waals surface area (Å²) in [7, 11) is 0. The van der Waals surface area contributed by atoms with E-state index in [-0.39, 0.29) is 5.96 Å². The van der Waals surface area contributed by atoms with Crippen molar-refractivity contribution < 1.29 is 4.79 Å². The Morgan fingerprint density at radius 1 is 1.70 bits per heavy atom. The molecule has 0 aromatic rings. The lowest BCUT2D eigenvalue weighted by molar-refractivity contribution is 0.244. The fraction of sp³-hybridized carbons (Fsp3) is 0.500. The van der Waals surface area contributed by atoms with Crippen molar-refractivity contribution in [2.45, 2.75) is 6.92 Å². The number of urea groups is 1. The molecule has 0 heterocycles. The zero-order chi connectivity index (χ0) is 8.15. The molecule has 58 valence electrons. The monoisotopic (exact) mass is 162 g/mol. The molecule has 5 nitrogen and oxygen atoms in total. The smallest absolute Gasteiger partial charge is 0.331 e. The lowest BCUT2D eigenvalue weighted by Crippen LogP contribution is -2.39. The van der Waals surface area contributed by atoms with Gasteiger partial charge in [-0.15, -0.1) is 0 Å². The van der Waals surface area contributed by atoms with Crippen LogP contribution < -0.4 is 11.5 Å². The van der Waals surface area contributed by atoms with Crippen molar-refractivity contribution in [2.24, 2.45) is 11.5 Å². The number of amides is 2. The van der Waals surface area contributed by atoms with Gasteiger partial charge in [-0.25, -0.2) is 9.10 Å². The van der Waals surface area contributed by atoms with Crippen LogP contribution in [0.25, 0.3) is 0 Å². The Hall–Kier alpha value is -0.910. The van der Waals surface area contributed by atoms with Crippen LogP contribution in [-0.2, 0) is 0 Å². The van der Waals surface area contributed by atoms with Crippen molar-refractivity contribution >= 4 is 23.9 Å². The Bertz CT molecular complexity index is 134. The molecule has 0 aliphatic heterocycles. The van der Waals surface area contributed by atoms with Gasteiger partial charge in [0.05, 0.1) is 0 Å². The number of hydrogen-bond donors (Lipinski definition) is 3. The molecule has 0 saturated carbocycles. The van der Waals surface area contributed by atoms with Crippen molar-refractivity contribution in [2.75, 3.05) is 5.75 Å². The van der Waals surface area contributed by atoms with Gasteiger partial charge in [0, 0.05) is 5.75 Å². The Morgan fingerprint density at radius 2 is 2.20 bits per heavy atom. The normalized spacial score (nSPS) is 8.90. The molecule has 0 aromatic carbocycles. The highest BCUT2D eigenvalue weighted by atomic mass is 32.2. The van der Waals surface area contributed by atoms with E-state index in [2.05, 4.69) is 0 Å². The second-order valence-corrected chi connectivity index (χ2v) is 2.64. The van der Waals surface area contributed by atoms with E-state index in [9.17, 15) is 4.79 Å². The molecular weight excluding hydrogens is 152 g/mol. The zero-order valence-electron chi connectivity index (χ0n) is 5.63. The molecule has 2 amide bonds. The molecule has 10 heavy (non-hydrogen) atoms. The number of carbonyl (C=O) groups is 1. The maximum atomic E-state index is 10.4. The lowest BCUT2D eigenvalue weighted by atomic mass is 10.9. The molecule has 0 radical (unpaired) electrons. The van der Waals surface area contributed by atoms with Crippen LogP contribution in [0.5, 0.6) is 0 Å². The first-order chi connectivity index (χ1) is 4.59. The van der Waals surface area contributed by atoms with Gasteiger partial charge in [-0.3, -0.25) is 5.41 Å². The minimum absolute atomic E-state index is 0.334. The van der Waals surface area contributed by atoms with E-state index in [1.807, 2.05) is 6.92 Å². The summed E-state index contributed by atoms with van der Waals surface area (Å²) in [6, 6.07) is -0.709. The molecule has 0 aliphatic rings. The van der Waals surface area contributed by atoms with Gasteiger partial charge in [0.2, 0.25) is 5.96 Å². The molecule has 0 rings (SSSR count). The van der Waals surface area contributed by atoms with Crippen molar-refractivity contribution in [1.82, 2.24) is 4.31 Å². The summed E-state index contributed by atoms with van der Waals surface area (Å²) >= 11 is 1.10. The second kappa shape index (κ2) is 3.99. The minimum Gasteiger partial charge on any atom is -0.369 e. The molecule has 0 fully saturated rings. The number of nitrogens with two attached hydrogens (primary N) is 2. The maximum Gasteiger partial charge on any atom is 0.331 e. The van der Waals surface area contributed by atoms with Crippen LogP contribution in [-0.4, -0.2) is 22.0 Å². The van der Waals surface area contributed by atoms with E-state index in [1.54, 1.807) is 0 Å². The standard InChI is InChI=1S/C4H10N4OS/c1-2-10-8(3(5)6)4(7)9/h2H2,1H3,(H3,5,6)(H2,7,9). The summed E-state index contributed by atoms with van der Waals surface area (Å²) in [5, 5.41) is 6.87. The Balaban J connectivity index is 3.98.